The molecule has 0 radical (unpaired) electrons. The van der Waals surface area contributed by atoms with Crippen molar-refractivity contribution in [1.82, 2.24) is 20.1 Å². The number of rotatable bonds is 4. The lowest BCUT2D eigenvalue weighted by atomic mass is 10.2. The molecule has 7 heteroatoms. The molecule has 1 atom stereocenters. The van der Waals surface area contributed by atoms with Crippen molar-refractivity contribution in [3.63, 3.8) is 0 Å². The number of hydrogen-bond donors (Lipinski definition) is 3. The number of benzene rings is 1. The smallest absolute Gasteiger partial charge is 0.319 e. The first-order valence-corrected chi connectivity index (χ1v) is 6.69. The number of anilines is 1. The fraction of sp³-hybridized carbons (Fsp3) is 0.357. The van der Waals surface area contributed by atoms with E-state index in [1.165, 1.54) is 0 Å². The Morgan fingerprint density at radius 2 is 2.10 bits per heavy atom. The van der Waals surface area contributed by atoms with Gasteiger partial charge in [0.1, 0.15) is 11.6 Å². The maximum absolute atomic E-state index is 11.9. The van der Waals surface area contributed by atoms with Crippen molar-refractivity contribution < 1.29 is 9.90 Å². The monoisotopic (exact) mass is 289 g/mol. The molecule has 2 rings (SSSR count). The third-order valence-electron chi connectivity index (χ3n) is 2.91. The highest BCUT2D eigenvalue weighted by Gasteiger charge is 2.12. The second-order valence-corrected chi connectivity index (χ2v) is 4.82. The van der Waals surface area contributed by atoms with E-state index in [9.17, 15) is 4.79 Å². The average molecular weight is 289 g/mol. The Balaban J connectivity index is 2.25. The van der Waals surface area contributed by atoms with E-state index in [4.69, 9.17) is 5.11 Å². The van der Waals surface area contributed by atoms with Crippen molar-refractivity contribution >= 4 is 11.7 Å². The van der Waals surface area contributed by atoms with Gasteiger partial charge >= 0.3 is 6.03 Å². The Labute approximate surface area is 123 Å². The van der Waals surface area contributed by atoms with Gasteiger partial charge in [0.2, 0.25) is 0 Å². The molecule has 3 N–H and O–H groups in total. The molecular weight excluding hydrogens is 270 g/mol. The summed E-state index contributed by atoms with van der Waals surface area (Å²) >= 11 is 0. The molecule has 0 saturated carbocycles. The number of amides is 2. The summed E-state index contributed by atoms with van der Waals surface area (Å²) in [5, 5.41) is 18.7. The van der Waals surface area contributed by atoms with Crippen LogP contribution in [0, 0.1) is 13.8 Å². The Bertz CT molecular complexity index is 638. The Kier molecular flexibility index (Phi) is 4.54. The van der Waals surface area contributed by atoms with Gasteiger partial charge in [-0.15, -0.1) is 0 Å². The zero-order valence-corrected chi connectivity index (χ0v) is 12.3. The van der Waals surface area contributed by atoms with Gasteiger partial charge < -0.3 is 15.7 Å². The van der Waals surface area contributed by atoms with Crippen LogP contribution < -0.4 is 10.6 Å². The Morgan fingerprint density at radius 3 is 2.71 bits per heavy atom. The number of aromatic nitrogens is 3. The fourth-order valence-corrected chi connectivity index (χ4v) is 1.94. The molecular formula is C14H19N5O2. The average Bonchev–Trinajstić information content (AvgIpc) is 2.78. The van der Waals surface area contributed by atoms with Crippen molar-refractivity contribution in [2.45, 2.75) is 26.8 Å². The minimum Gasteiger partial charge on any atom is -0.394 e. The number of hydrogen-bond acceptors (Lipinski definition) is 4. The first-order chi connectivity index (χ1) is 10.0. The first-order valence-electron chi connectivity index (χ1n) is 6.69. The third-order valence-corrected chi connectivity index (χ3v) is 2.91. The SMILES string of the molecule is Cc1nc(C)n(-c2ccccc2NC(=O)N[C@@H](C)CO)n1. The van der Waals surface area contributed by atoms with Gasteiger partial charge in [-0.3, -0.25) is 0 Å². The van der Waals surface area contributed by atoms with E-state index in [1.807, 2.05) is 32.0 Å². The lowest BCUT2D eigenvalue weighted by molar-refractivity contribution is 0.229. The van der Waals surface area contributed by atoms with Crippen LogP contribution in [0.1, 0.15) is 18.6 Å². The second-order valence-electron chi connectivity index (χ2n) is 4.82. The largest absolute Gasteiger partial charge is 0.394 e. The van der Waals surface area contributed by atoms with E-state index in [0.717, 1.165) is 11.5 Å². The summed E-state index contributed by atoms with van der Waals surface area (Å²) < 4.78 is 1.68. The van der Waals surface area contributed by atoms with Crippen LogP contribution in [0.5, 0.6) is 0 Å². The van der Waals surface area contributed by atoms with Crippen molar-refractivity contribution in [3.8, 4) is 5.69 Å². The molecule has 0 aliphatic carbocycles. The summed E-state index contributed by atoms with van der Waals surface area (Å²) in [6.45, 7) is 5.27. The van der Waals surface area contributed by atoms with Crippen molar-refractivity contribution in [1.29, 1.82) is 0 Å². The lowest BCUT2D eigenvalue weighted by Crippen LogP contribution is -2.38. The summed E-state index contributed by atoms with van der Waals surface area (Å²) in [4.78, 5) is 16.1. The number of urea groups is 1. The van der Waals surface area contributed by atoms with Crippen LogP contribution in [-0.2, 0) is 0 Å². The van der Waals surface area contributed by atoms with Crippen LogP contribution >= 0.6 is 0 Å². The Hall–Kier alpha value is -2.41. The molecule has 0 bridgehead atoms. The molecule has 2 aromatic rings. The predicted octanol–water partition coefficient (Wildman–Crippen LogP) is 1.39. The van der Waals surface area contributed by atoms with Gasteiger partial charge in [-0.2, -0.15) is 5.10 Å². The number of aryl methyl sites for hydroxylation is 2. The topological polar surface area (TPSA) is 92.1 Å². The summed E-state index contributed by atoms with van der Waals surface area (Å²) in [6.07, 6.45) is 0. The zero-order valence-electron chi connectivity index (χ0n) is 12.3. The van der Waals surface area contributed by atoms with Gasteiger partial charge in [0, 0.05) is 0 Å². The van der Waals surface area contributed by atoms with Crippen LogP contribution in [0.4, 0.5) is 10.5 Å². The standard InChI is InChI=1S/C14H19N5O2/c1-9(8-20)15-14(21)17-12-6-4-5-7-13(12)19-11(3)16-10(2)18-19/h4-7,9,20H,8H2,1-3H3,(H2,15,17,21)/t9-/m0/s1. The van der Waals surface area contributed by atoms with E-state index < -0.39 is 0 Å². The van der Waals surface area contributed by atoms with Crippen LogP contribution in [0.2, 0.25) is 0 Å². The third kappa shape index (κ3) is 3.57. The van der Waals surface area contributed by atoms with Crippen molar-refractivity contribution in [2.75, 3.05) is 11.9 Å². The number of aliphatic hydroxyl groups excluding tert-OH is 1. The number of carbonyl (C=O) groups is 1. The molecule has 7 nitrogen and oxygen atoms in total. The molecule has 0 aliphatic rings. The Morgan fingerprint density at radius 1 is 1.38 bits per heavy atom. The van der Waals surface area contributed by atoms with E-state index in [1.54, 1.807) is 17.7 Å². The molecule has 2 amide bonds. The van der Waals surface area contributed by atoms with E-state index in [0.29, 0.717) is 11.5 Å². The minimum atomic E-state index is -0.376. The lowest BCUT2D eigenvalue weighted by Gasteiger charge is -2.14. The highest BCUT2D eigenvalue weighted by molar-refractivity contribution is 5.91. The molecule has 1 aromatic heterocycles. The normalized spacial score (nSPS) is 12.0. The summed E-state index contributed by atoms with van der Waals surface area (Å²) in [6, 6.07) is 6.64. The van der Waals surface area contributed by atoms with Crippen LogP contribution in [0.3, 0.4) is 0 Å². The maximum Gasteiger partial charge on any atom is 0.319 e. The van der Waals surface area contributed by atoms with Gasteiger partial charge in [0.15, 0.2) is 0 Å². The molecule has 0 unspecified atom stereocenters. The summed E-state index contributed by atoms with van der Waals surface area (Å²) in [5.74, 6) is 1.41. The van der Waals surface area contributed by atoms with Crippen molar-refractivity contribution in [2.24, 2.45) is 0 Å². The van der Waals surface area contributed by atoms with Crippen LogP contribution in [0.15, 0.2) is 24.3 Å². The fourth-order valence-electron chi connectivity index (χ4n) is 1.94. The van der Waals surface area contributed by atoms with Gasteiger partial charge in [-0.05, 0) is 32.9 Å². The van der Waals surface area contributed by atoms with Gasteiger partial charge in [-0.25, -0.2) is 14.5 Å². The summed E-state index contributed by atoms with van der Waals surface area (Å²) in [7, 11) is 0. The number of nitrogens with zero attached hydrogens (tertiary/aromatic N) is 3. The zero-order chi connectivity index (χ0) is 15.4. The van der Waals surface area contributed by atoms with Crippen LogP contribution in [0.25, 0.3) is 5.69 Å². The number of nitrogens with one attached hydrogen (secondary N) is 2. The quantitative estimate of drug-likeness (QED) is 0.793. The molecule has 1 heterocycles. The van der Waals surface area contributed by atoms with Crippen molar-refractivity contribution in [3.05, 3.63) is 35.9 Å². The molecule has 0 fully saturated rings. The molecule has 0 aliphatic heterocycles. The second kappa shape index (κ2) is 6.36. The van der Waals surface area contributed by atoms with Gasteiger partial charge in [-0.1, -0.05) is 12.1 Å². The number of carbonyl (C=O) groups excluding carboxylic acids is 1. The summed E-state index contributed by atoms with van der Waals surface area (Å²) in [5.41, 5.74) is 1.36. The van der Waals surface area contributed by atoms with Gasteiger partial charge in [0.05, 0.1) is 24.0 Å². The van der Waals surface area contributed by atoms with Crippen LogP contribution in [-0.4, -0.2) is 38.6 Å². The highest BCUT2D eigenvalue weighted by atomic mass is 16.3. The number of para-hydroxylation sites is 2. The minimum absolute atomic E-state index is 0.115. The maximum atomic E-state index is 11.9. The highest BCUT2D eigenvalue weighted by Crippen LogP contribution is 2.20. The molecule has 1 aromatic carbocycles. The number of aliphatic hydroxyl groups is 1. The molecule has 112 valence electrons. The van der Waals surface area contributed by atoms with E-state index in [-0.39, 0.29) is 18.7 Å². The van der Waals surface area contributed by atoms with Gasteiger partial charge in [0.25, 0.3) is 0 Å². The predicted molar refractivity (Wildman–Crippen MR) is 79.5 cm³/mol. The van der Waals surface area contributed by atoms with E-state index in [2.05, 4.69) is 20.7 Å². The molecule has 21 heavy (non-hydrogen) atoms. The van der Waals surface area contributed by atoms with E-state index >= 15 is 0 Å². The first kappa shape index (κ1) is 15.0. The molecule has 0 saturated heterocycles. The molecule has 0 spiro atoms.